The second-order valence-corrected chi connectivity index (χ2v) is 11.5. The van der Waals surface area contributed by atoms with Gasteiger partial charge in [-0.05, 0) is 48.5 Å². The topological polar surface area (TPSA) is 122 Å². The summed E-state index contributed by atoms with van der Waals surface area (Å²) in [5.41, 5.74) is 0.888. The fourth-order valence-electron chi connectivity index (χ4n) is 4.64. The molecule has 0 spiro atoms. The number of carbonyl (C=O) groups is 4. The van der Waals surface area contributed by atoms with E-state index in [-0.39, 0.29) is 28.0 Å². The first kappa shape index (κ1) is 30.4. The van der Waals surface area contributed by atoms with E-state index in [4.69, 9.17) is 18.9 Å². The van der Waals surface area contributed by atoms with Crippen molar-refractivity contribution in [1.29, 1.82) is 0 Å². The van der Waals surface area contributed by atoms with Gasteiger partial charge in [0, 0.05) is 10.8 Å². The highest BCUT2D eigenvalue weighted by Crippen LogP contribution is 2.29. The van der Waals surface area contributed by atoms with Crippen LogP contribution in [0.1, 0.15) is 41.4 Å². The SMILES string of the molecule is O=C(OC[C@@H]1[C@@H](OC(=O)c2ccccc2)[C@H](OC(=O)c2ccccc2)[C@@H](OC(=O)c2ccccc2)CS1=O)c1ccccc1. The minimum atomic E-state index is -1.86. The minimum Gasteiger partial charge on any atom is -0.461 e. The summed E-state index contributed by atoms with van der Waals surface area (Å²) in [7, 11) is -1.86. The van der Waals surface area contributed by atoms with E-state index in [0.717, 1.165) is 0 Å². The molecule has 1 saturated heterocycles. The third kappa shape index (κ3) is 7.45. The van der Waals surface area contributed by atoms with Crippen molar-refractivity contribution in [3.05, 3.63) is 144 Å². The van der Waals surface area contributed by atoms with E-state index in [1.165, 1.54) is 12.1 Å². The molecule has 0 aromatic heterocycles. The highest BCUT2D eigenvalue weighted by Gasteiger charge is 2.51. The molecule has 0 saturated carbocycles. The van der Waals surface area contributed by atoms with Crippen LogP contribution in [-0.2, 0) is 29.7 Å². The molecule has 0 bridgehead atoms. The summed E-state index contributed by atoms with van der Waals surface area (Å²) >= 11 is 0. The summed E-state index contributed by atoms with van der Waals surface area (Å²) in [6.45, 7) is -0.425. The van der Waals surface area contributed by atoms with Gasteiger partial charge in [-0.3, -0.25) is 4.21 Å². The molecule has 1 aliphatic heterocycles. The molecule has 4 aromatic rings. The van der Waals surface area contributed by atoms with Gasteiger partial charge in [-0.25, -0.2) is 19.2 Å². The zero-order valence-electron chi connectivity index (χ0n) is 23.4. The maximum Gasteiger partial charge on any atom is 0.338 e. The van der Waals surface area contributed by atoms with Gasteiger partial charge in [0.2, 0.25) is 0 Å². The number of rotatable bonds is 9. The number of esters is 4. The Hall–Kier alpha value is -5.09. The number of benzene rings is 4. The van der Waals surface area contributed by atoms with Crippen LogP contribution < -0.4 is 0 Å². The molecule has 5 atom stereocenters. The molecule has 224 valence electrons. The zero-order valence-corrected chi connectivity index (χ0v) is 24.2. The van der Waals surface area contributed by atoms with Gasteiger partial charge in [-0.2, -0.15) is 0 Å². The lowest BCUT2D eigenvalue weighted by Crippen LogP contribution is -2.60. The maximum atomic E-state index is 13.7. The molecule has 0 N–H and O–H groups in total. The predicted molar refractivity (Wildman–Crippen MR) is 160 cm³/mol. The van der Waals surface area contributed by atoms with Crippen molar-refractivity contribution >= 4 is 34.7 Å². The largest absolute Gasteiger partial charge is 0.461 e. The molecular weight excluding hydrogens is 584 g/mol. The Balaban J connectivity index is 1.48. The quantitative estimate of drug-likeness (QED) is 0.196. The Morgan fingerprint density at radius 2 is 0.886 bits per heavy atom. The van der Waals surface area contributed by atoms with Crippen molar-refractivity contribution < 1.29 is 42.3 Å². The van der Waals surface area contributed by atoms with E-state index in [9.17, 15) is 23.4 Å². The Bertz CT molecular complexity index is 1610. The van der Waals surface area contributed by atoms with Gasteiger partial charge in [0.25, 0.3) is 0 Å². The Morgan fingerprint density at radius 1 is 0.523 bits per heavy atom. The number of carbonyl (C=O) groups excluding carboxylic acids is 4. The summed E-state index contributed by atoms with van der Waals surface area (Å²) in [5, 5.41) is -1.12. The Labute approximate surface area is 256 Å². The molecule has 1 unspecified atom stereocenters. The zero-order chi connectivity index (χ0) is 30.9. The maximum absolute atomic E-state index is 13.7. The van der Waals surface area contributed by atoms with E-state index in [0.29, 0.717) is 0 Å². The molecule has 4 aromatic carbocycles. The van der Waals surface area contributed by atoms with Crippen LogP contribution >= 0.6 is 0 Å². The van der Waals surface area contributed by atoms with Crippen molar-refractivity contribution in [3.63, 3.8) is 0 Å². The molecule has 0 amide bonds. The predicted octanol–water partition coefficient (Wildman–Crippen LogP) is 4.65. The van der Waals surface area contributed by atoms with Crippen molar-refractivity contribution in [2.75, 3.05) is 12.4 Å². The molecule has 1 fully saturated rings. The Kier molecular flexibility index (Phi) is 9.93. The lowest BCUT2D eigenvalue weighted by Gasteiger charge is -2.40. The minimum absolute atomic E-state index is 0.190. The molecular formula is C34H28O9S. The van der Waals surface area contributed by atoms with Gasteiger partial charge >= 0.3 is 23.9 Å². The van der Waals surface area contributed by atoms with Gasteiger partial charge < -0.3 is 18.9 Å². The van der Waals surface area contributed by atoms with Gasteiger partial charge in [0.05, 0.1) is 28.0 Å². The first-order valence-electron chi connectivity index (χ1n) is 13.8. The third-order valence-corrected chi connectivity index (χ3v) is 8.62. The van der Waals surface area contributed by atoms with E-state index >= 15 is 0 Å². The molecule has 1 heterocycles. The summed E-state index contributed by atoms with van der Waals surface area (Å²) in [4.78, 5) is 52.4. The smallest absolute Gasteiger partial charge is 0.338 e. The second kappa shape index (κ2) is 14.4. The monoisotopic (exact) mass is 612 g/mol. The van der Waals surface area contributed by atoms with Gasteiger partial charge in [0.15, 0.2) is 18.3 Å². The van der Waals surface area contributed by atoms with Crippen LogP contribution in [0.4, 0.5) is 0 Å². The van der Waals surface area contributed by atoms with Crippen molar-refractivity contribution in [3.8, 4) is 0 Å². The van der Waals surface area contributed by atoms with Crippen LogP contribution in [0.5, 0.6) is 0 Å². The van der Waals surface area contributed by atoms with E-state index in [1.807, 2.05) is 0 Å². The van der Waals surface area contributed by atoms with Gasteiger partial charge in [0.1, 0.15) is 11.9 Å². The number of hydrogen-bond donors (Lipinski definition) is 0. The lowest BCUT2D eigenvalue weighted by atomic mass is 10.0. The second-order valence-electron chi connectivity index (χ2n) is 9.83. The van der Waals surface area contributed by atoms with Gasteiger partial charge in [-0.15, -0.1) is 0 Å². The van der Waals surface area contributed by atoms with Crippen molar-refractivity contribution in [2.45, 2.75) is 23.6 Å². The van der Waals surface area contributed by atoms with Crippen LogP contribution in [0.25, 0.3) is 0 Å². The highest BCUT2D eigenvalue weighted by atomic mass is 32.2. The molecule has 0 aliphatic carbocycles. The molecule has 5 rings (SSSR count). The van der Waals surface area contributed by atoms with Crippen LogP contribution in [0.3, 0.4) is 0 Å². The standard InChI is InChI=1S/C34H28O9S/c35-31(23-13-5-1-6-14-23)40-21-28-30(43-34(38)26-19-11-4-12-20-26)29(42-33(37)25-17-9-3-10-18-25)27(22-44(28)39)41-32(36)24-15-7-2-8-16-24/h1-20,27-30H,21-22H2/t27-,28+,29+,30+,44?/m0/s1. The first-order valence-corrected chi connectivity index (χ1v) is 15.2. The Morgan fingerprint density at radius 3 is 1.32 bits per heavy atom. The summed E-state index contributed by atoms with van der Waals surface area (Å²) in [5.74, 6) is -3.24. The fraction of sp³-hybridized carbons (Fsp3) is 0.176. The average Bonchev–Trinajstić information content (AvgIpc) is 3.07. The average molecular weight is 613 g/mol. The van der Waals surface area contributed by atoms with Crippen LogP contribution in [0.2, 0.25) is 0 Å². The molecule has 10 heteroatoms. The number of ether oxygens (including phenoxy) is 4. The summed E-state index contributed by atoms with van der Waals surface area (Å²) < 4.78 is 36.7. The number of hydrogen-bond acceptors (Lipinski definition) is 9. The van der Waals surface area contributed by atoms with Crippen molar-refractivity contribution in [1.82, 2.24) is 0 Å². The van der Waals surface area contributed by atoms with Gasteiger partial charge in [-0.1, -0.05) is 72.8 Å². The van der Waals surface area contributed by atoms with Crippen molar-refractivity contribution in [2.24, 2.45) is 0 Å². The fourth-order valence-corrected chi connectivity index (χ4v) is 6.20. The normalized spacial score (nSPS) is 21.0. The van der Waals surface area contributed by atoms with E-state index < -0.39 is 64.8 Å². The first-order chi connectivity index (χ1) is 21.4. The molecule has 44 heavy (non-hydrogen) atoms. The summed E-state index contributed by atoms with van der Waals surface area (Å²) in [6, 6.07) is 32.6. The highest BCUT2D eigenvalue weighted by molar-refractivity contribution is 7.85. The molecule has 1 aliphatic rings. The lowest BCUT2D eigenvalue weighted by molar-refractivity contribution is -0.0895. The van der Waals surface area contributed by atoms with Crippen LogP contribution in [0.15, 0.2) is 121 Å². The van der Waals surface area contributed by atoms with Crippen LogP contribution in [0, 0.1) is 0 Å². The summed E-state index contributed by atoms with van der Waals surface area (Å²) in [6.07, 6.45) is -4.06. The van der Waals surface area contributed by atoms with Crippen LogP contribution in [-0.4, -0.2) is 64.0 Å². The van der Waals surface area contributed by atoms with E-state index in [1.54, 1.807) is 109 Å². The molecule has 0 radical (unpaired) electrons. The van der Waals surface area contributed by atoms with E-state index in [2.05, 4.69) is 0 Å². The third-order valence-electron chi connectivity index (χ3n) is 6.88. The molecule has 9 nitrogen and oxygen atoms in total.